The van der Waals surface area contributed by atoms with Crippen molar-refractivity contribution in [3.63, 3.8) is 0 Å². The number of nitrogens with zero attached hydrogens (tertiary/aromatic N) is 1. The minimum atomic E-state index is -0.363. The second kappa shape index (κ2) is 6.41. The third-order valence-corrected chi connectivity index (χ3v) is 5.06. The number of hydrogen-bond donors (Lipinski definition) is 1. The van der Waals surface area contributed by atoms with E-state index in [0.717, 1.165) is 19.3 Å². The molecule has 2 unspecified atom stereocenters. The molecule has 22 heavy (non-hydrogen) atoms. The lowest BCUT2D eigenvalue weighted by Gasteiger charge is -2.38. The molecule has 0 aliphatic heterocycles. The number of hydrogen-bond acceptors (Lipinski definition) is 3. The summed E-state index contributed by atoms with van der Waals surface area (Å²) in [6.45, 7) is 0.262. The van der Waals surface area contributed by atoms with Crippen molar-refractivity contribution in [3.05, 3.63) is 76.7 Å². The highest BCUT2D eigenvalue weighted by Crippen LogP contribution is 2.46. The van der Waals surface area contributed by atoms with Crippen molar-refractivity contribution < 1.29 is 0 Å². The molecule has 1 saturated carbocycles. The van der Waals surface area contributed by atoms with E-state index >= 15 is 0 Å². The summed E-state index contributed by atoms with van der Waals surface area (Å²) in [5.41, 5.74) is 8.14. The van der Waals surface area contributed by atoms with Crippen molar-refractivity contribution in [1.29, 1.82) is 0 Å². The maximum Gasteiger partial charge on any atom is 0.0951 e. The van der Waals surface area contributed by atoms with Gasteiger partial charge in [-0.1, -0.05) is 65.8 Å². The number of nitroso groups, excluding NO2 is 1. The summed E-state index contributed by atoms with van der Waals surface area (Å²) in [5.74, 6) is 0.352. The fourth-order valence-electron chi connectivity index (χ4n) is 3.99. The Morgan fingerprint density at radius 3 is 1.91 bits per heavy atom. The van der Waals surface area contributed by atoms with Gasteiger partial charge in [-0.3, -0.25) is 0 Å². The van der Waals surface area contributed by atoms with E-state index in [0.29, 0.717) is 5.92 Å². The monoisotopic (exact) mass is 294 g/mol. The maximum atomic E-state index is 11.3. The van der Waals surface area contributed by atoms with Crippen molar-refractivity contribution in [2.45, 2.75) is 30.7 Å². The standard InChI is InChI=1S/C19H22N2O/c20-18-12-11-17(13-18)19(14-21-22,15-7-3-1-4-8-15)16-9-5-2-6-10-16/h1-10,17-18H,11-14,20H2. The Bertz CT molecular complexity index is 572. The van der Waals surface area contributed by atoms with Crippen molar-refractivity contribution >= 4 is 0 Å². The molecule has 0 spiro atoms. The Morgan fingerprint density at radius 1 is 0.955 bits per heavy atom. The Balaban J connectivity index is 2.16. The summed E-state index contributed by atoms with van der Waals surface area (Å²) in [7, 11) is 0. The van der Waals surface area contributed by atoms with Gasteiger partial charge >= 0.3 is 0 Å². The summed E-state index contributed by atoms with van der Waals surface area (Å²) < 4.78 is 0. The first-order chi connectivity index (χ1) is 10.8. The van der Waals surface area contributed by atoms with Crippen LogP contribution in [-0.4, -0.2) is 12.6 Å². The van der Waals surface area contributed by atoms with E-state index in [1.807, 2.05) is 36.4 Å². The van der Waals surface area contributed by atoms with Crippen LogP contribution in [0.1, 0.15) is 30.4 Å². The van der Waals surface area contributed by atoms with Gasteiger partial charge in [-0.05, 0) is 36.3 Å². The molecule has 3 rings (SSSR count). The first kappa shape index (κ1) is 14.9. The fourth-order valence-corrected chi connectivity index (χ4v) is 3.99. The number of rotatable bonds is 5. The Kier molecular flexibility index (Phi) is 4.34. The van der Waals surface area contributed by atoms with E-state index in [-0.39, 0.29) is 18.0 Å². The zero-order valence-electron chi connectivity index (χ0n) is 12.7. The first-order valence-corrected chi connectivity index (χ1v) is 7.93. The quantitative estimate of drug-likeness (QED) is 0.851. The van der Waals surface area contributed by atoms with Crippen molar-refractivity contribution in [2.24, 2.45) is 16.8 Å². The Morgan fingerprint density at radius 2 is 1.50 bits per heavy atom. The van der Waals surface area contributed by atoms with Gasteiger partial charge in [0.25, 0.3) is 0 Å². The van der Waals surface area contributed by atoms with Crippen molar-refractivity contribution in [1.82, 2.24) is 0 Å². The van der Waals surface area contributed by atoms with Crippen LogP contribution in [0.5, 0.6) is 0 Å². The molecule has 2 atom stereocenters. The molecule has 0 saturated heterocycles. The molecule has 1 aliphatic rings. The highest BCUT2D eigenvalue weighted by Gasteiger charge is 2.45. The van der Waals surface area contributed by atoms with E-state index < -0.39 is 0 Å². The molecule has 0 radical (unpaired) electrons. The molecule has 0 heterocycles. The maximum absolute atomic E-state index is 11.3. The van der Waals surface area contributed by atoms with Crippen LogP contribution in [0.15, 0.2) is 65.8 Å². The third-order valence-electron chi connectivity index (χ3n) is 5.06. The van der Waals surface area contributed by atoms with E-state index in [4.69, 9.17) is 5.73 Å². The number of benzene rings is 2. The normalized spacial score (nSPS) is 21.7. The van der Waals surface area contributed by atoms with Gasteiger partial charge in [-0.2, -0.15) is 4.91 Å². The van der Waals surface area contributed by atoms with Crippen molar-refractivity contribution in [3.8, 4) is 0 Å². The summed E-state index contributed by atoms with van der Waals surface area (Å²) >= 11 is 0. The summed E-state index contributed by atoms with van der Waals surface area (Å²) in [6.07, 6.45) is 3.00. The third kappa shape index (κ3) is 2.57. The highest BCUT2D eigenvalue weighted by molar-refractivity contribution is 5.41. The molecular formula is C19H22N2O. The molecular weight excluding hydrogens is 272 g/mol. The SMILES string of the molecule is NC1CCC(C(CN=O)(c2ccccc2)c2ccccc2)C1. The highest BCUT2D eigenvalue weighted by atomic mass is 16.3. The molecule has 1 fully saturated rings. The van der Waals surface area contributed by atoms with Crippen LogP contribution in [0, 0.1) is 10.8 Å². The van der Waals surface area contributed by atoms with Crippen LogP contribution in [0.2, 0.25) is 0 Å². The van der Waals surface area contributed by atoms with Gasteiger partial charge in [0, 0.05) is 11.5 Å². The average Bonchev–Trinajstić information content (AvgIpc) is 3.01. The van der Waals surface area contributed by atoms with E-state index in [2.05, 4.69) is 29.4 Å². The summed E-state index contributed by atoms with van der Waals surface area (Å²) in [4.78, 5) is 11.3. The largest absolute Gasteiger partial charge is 0.328 e. The molecule has 0 bridgehead atoms. The second-order valence-corrected chi connectivity index (χ2v) is 6.26. The van der Waals surface area contributed by atoms with Gasteiger partial charge in [-0.25, -0.2) is 0 Å². The van der Waals surface area contributed by atoms with Gasteiger partial charge in [0.2, 0.25) is 0 Å². The molecule has 0 aromatic heterocycles. The molecule has 0 amide bonds. The predicted molar refractivity (Wildman–Crippen MR) is 89.6 cm³/mol. The molecule has 1 aliphatic carbocycles. The molecule has 3 heteroatoms. The predicted octanol–water partition coefficient (Wildman–Crippen LogP) is 3.87. The Labute approximate surface area is 131 Å². The molecule has 2 aromatic carbocycles. The lowest BCUT2D eigenvalue weighted by molar-refractivity contribution is 0.330. The van der Waals surface area contributed by atoms with Gasteiger partial charge in [0.05, 0.1) is 6.54 Å². The number of nitrogens with two attached hydrogens (primary N) is 1. The van der Waals surface area contributed by atoms with Crippen LogP contribution >= 0.6 is 0 Å². The van der Waals surface area contributed by atoms with Gasteiger partial charge in [0.1, 0.15) is 0 Å². The fraction of sp³-hybridized carbons (Fsp3) is 0.368. The van der Waals surface area contributed by atoms with Crippen LogP contribution in [0.4, 0.5) is 0 Å². The zero-order chi connectivity index (χ0) is 15.4. The van der Waals surface area contributed by atoms with Gasteiger partial charge < -0.3 is 5.73 Å². The second-order valence-electron chi connectivity index (χ2n) is 6.26. The van der Waals surface area contributed by atoms with Gasteiger partial charge in [0.15, 0.2) is 0 Å². The van der Waals surface area contributed by atoms with Crippen LogP contribution in [0.3, 0.4) is 0 Å². The smallest absolute Gasteiger partial charge is 0.0951 e. The molecule has 3 nitrogen and oxygen atoms in total. The molecule has 2 aromatic rings. The van der Waals surface area contributed by atoms with Crippen molar-refractivity contribution in [2.75, 3.05) is 6.54 Å². The minimum absolute atomic E-state index is 0.225. The van der Waals surface area contributed by atoms with Gasteiger partial charge in [-0.15, -0.1) is 0 Å². The molecule has 2 N–H and O–H groups in total. The van der Waals surface area contributed by atoms with Crippen LogP contribution < -0.4 is 5.73 Å². The average molecular weight is 294 g/mol. The van der Waals surface area contributed by atoms with Crippen LogP contribution in [-0.2, 0) is 5.41 Å². The lowest BCUT2D eigenvalue weighted by Crippen LogP contribution is -2.39. The van der Waals surface area contributed by atoms with E-state index in [1.54, 1.807) is 0 Å². The van der Waals surface area contributed by atoms with E-state index in [9.17, 15) is 4.91 Å². The summed E-state index contributed by atoms with van der Waals surface area (Å²) in [6, 6.07) is 20.8. The zero-order valence-corrected chi connectivity index (χ0v) is 12.7. The lowest BCUT2D eigenvalue weighted by atomic mass is 9.65. The first-order valence-electron chi connectivity index (χ1n) is 7.93. The van der Waals surface area contributed by atoms with Crippen LogP contribution in [0.25, 0.3) is 0 Å². The summed E-state index contributed by atoms with van der Waals surface area (Å²) in [5, 5.41) is 3.34. The van der Waals surface area contributed by atoms with E-state index in [1.165, 1.54) is 11.1 Å². The topological polar surface area (TPSA) is 55.4 Å². The molecule has 114 valence electrons. The minimum Gasteiger partial charge on any atom is -0.328 e. The Hall–Kier alpha value is -2.00.